The van der Waals surface area contributed by atoms with Crippen molar-refractivity contribution < 1.29 is 0 Å². The highest BCUT2D eigenvalue weighted by atomic mass is 79.9. The van der Waals surface area contributed by atoms with Crippen molar-refractivity contribution in [1.82, 2.24) is 9.78 Å². The summed E-state index contributed by atoms with van der Waals surface area (Å²) in [6, 6.07) is 8.13. The maximum absolute atomic E-state index is 6.33. The van der Waals surface area contributed by atoms with Crippen LogP contribution in [0.5, 0.6) is 0 Å². The van der Waals surface area contributed by atoms with Gasteiger partial charge in [0.2, 0.25) is 0 Å². The molecule has 1 aliphatic rings. The summed E-state index contributed by atoms with van der Waals surface area (Å²) < 4.78 is 3.04. The predicted molar refractivity (Wildman–Crippen MR) is 71.1 cm³/mol. The van der Waals surface area contributed by atoms with Crippen LogP contribution in [0.25, 0.3) is 5.69 Å². The van der Waals surface area contributed by atoms with Gasteiger partial charge in [0, 0.05) is 4.47 Å². The maximum atomic E-state index is 6.33. The number of rotatable bonds is 1. The molecule has 0 saturated carbocycles. The largest absolute Gasteiger partial charge is 0.320 e. The Hall–Kier alpha value is -1.13. The Bertz CT molecular complexity index is 555. The Labute approximate surface area is 109 Å². The van der Waals surface area contributed by atoms with Gasteiger partial charge in [0.1, 0.15) is 0 Å². The lowest BCUT2D eigenvalue weighted by Crippen LogP contribution is -2.32. The van der Waals surface area contributed by atoms with Crippen LogP contribution in [0.2, 0.25) is 0 Å². The molecule has 4 heteroatoms. The molecule has 3 nitrogen and oxygen atoms in total. The zero-order valence-electron chi connectivity index (χ0n) is 9.65. The van der Waals surface area contributed by atoms with Crippen LogP contribution in [0, 0.1) is 0 Å². The molecule has 0 aliphatic heterocycles. The van der Waals surface area contributed by atoms with Crippen molar-refractivity contribution in [3.8, 4) is 5.69 Å². The third-order valence-electron chi connectivity index (χ3n) is 3.37. The Morgan fingerprint density at radius 3 is 2.76 bits per heavy atom. The molecule has 1 aliphatic carbocycles. The van der Waals surface area contributed by atoms with Gasteiger partial charge in [-0.05, 0) is 49.6 Å². The van der Waals surface area contributed by atoms with Crippen LogP contribution >= 0.6 is 15.9 Å². The summed E-state index contributed by atoms with van der Waals surface area (Å²) in [6.45, 7) is 2.08. The van der Waals surface area contributed by atoms with Crippen LogP contribution in [-0.2, 0) is 12.0 Å². The molecule has 0 spiro atoms. The lowest BCUT2D eigenvalue weighted by Gasteiger charge is -2.20. The lowest BCUT2D eigenvalue weighted by atomic mass is 10.0. The van der Waals surface area contributed by atoms with E-state index in [0.717, 1.165) is 28.7 Å². The summed E-state index contributed by atoms with van der Waals surface area (Å²) in [5.41, 5.74) is 9.56. The van der Waals surface area contributed by atoms with Gasteiger partial charge in [0.25, 0.3) is 0 Å². The summed E-state index contributed by atoms with van der Waals surface area (Å²) in [7, 11) is 0. The van der Waals surface area contributed by atoms with E-state index in [2.05, 4.69) is 28.0 Å². The standard InChI is InChI=1S/C13H14BrN3/c1-13(15)7-6-9-8-16-17(12(9)13)11-4-2-10(14)3-5-11/h2-5,8H,6-7,15H2,1H3. The molecule has 0 radical (unpaired) electrons. The number of hydrogen-bond donors (Lipinski definition) is 1. The van der Waals surface area contributed by atoms with E-state index in [9.17, 15) is 0 Å². The van der Waals surface area contributed by atoms with Crippen LogP contribution < -0.4 is 5.73 Å². The molecule has 3 rings (SSSR count). The van der Waals surface area contributed by atoms with E-state index in [-0.39, 0.29) is 5.54 Å². The van der Waals surface area contributed by atoms with Gasteiger partial charge >= 0.3 is 0 Å². The van der Waals surface area contributed by atoms with Gasteiger partial charge in [-0.1, -0.05) is 15.9 Å². The molecule has 0 amide bonds. The topological polar surface area (TPSA) is 43.8 Å². The van der Waals surface area contributed by atoms with Crippen molar-refractivity contribution >= 4 is 15.9 Å². The van der Waals surface area contributed by atoms with Crippen LogP contribution in [0.1, 0.15) is 24.6 Å². The van der Waals surface area contributed by atoms with Gasteiger partial charge in [0.15, 0.2) is 0 Å². The van der Waals surface area contributed by atoms with E-state index in [1.165, 1.54) is 5.56 Å². The van der Waals surface area contributed by atoms with Crippen molar-refractivity contribution in [1.29, 1.82) is 0 Å². The minimum absolute atomic E-state index is 0.265. The van der Waals surface area contributed by atoms with Gasteiger partial charge in [-0.25, -0.2) is 4.68 Å². The molecule has 2 N–H and O–H groups in total. The number of nitrogens with two attached hydrogens (primary N) is 1. The normalized spacial score (nSPS) is 22.8. The number of fused-ring (bicyclic) bond motifs is 1. The first-order valence-electron chi connectivity index (χ1n) is 5.70. The molecule has 0 fully saturated rings. The van der Waals surface area contributed by atoms with E-state index in [0.29, 0.717) is 0 Å². The number of halogens is 1. The first-order valence-corrected chi connectivity index (χ1v) is 6.49. The average Bonchev–Trinajstić information content (AvgIpc) is 2.83. The SMILES string of the molecule is CC1(N)CCc2cnn(-c3ccc(Br)cc3)c21. The van der Waals surface area contributed by atoms with Crippen molar-refractivity contribution in [2.24, 2.45) is 5.73 Å². The van der Waals surface area contributed by atoms with Crippen molar-refractivity contribution in [2.45, 2.75) is 25.3 Å². The first-order chi connectivity index (χ1) is 8.08. The molecule has 88 valence electrons. The number of nitrogens with zero attached hydrogens (tertiary/aromatic N) is 2. The van der Waals surface area contributed by atoms with Crippen molar-refractivity contribution in [3.05, 3.63) is 46.2 Å². The third-order valence-corrected chi connectivity index (χ3v) is 3.90. The number of aryl methyl sites for hydroxylation is 1. The Kier molecular flexibility index (Phi) is 2.38. The van der Waals surface area contributed by atoms with Gasteiger partial charge in [-0.15, -0.1) is 0 Å². The number of benzene rings is 1. The molecule has 2 aromatic rings. The Balaban J connectivity index is 2.14. The zero-order chi connectivity index (χ0) is 12.0. The summed E-state index contributed by atoms with van der Waals surface area (Å²) in [6.07, 6.45) is 3.96. The molecule has 1 heterocycles. The number of aromatic nitrogens is 2. The van der Waals surface area contributed by atoms with Crippen LogP contribution in [0.15, 0.2) is 34.9 Å². The highest BCUT2D eigenvalue weighted by Gasteiger charge is 2.34. The summed E-state index contributed by atoms with van der Waals surface area (Å²) in [4.78, 5) is 0. The lowest BCUT2D eigenvalue weighted by molar-refractivity contribution is 0.462. The maximum Gasteiger partial charge on any atom is 0.0670 e. The van der Waals surface area contributed by atoms with Crippen LogP contribution in [0.3, 0.4) is 0 Å². The van der Waals surface area contributed by atoms with Crippen molar-refractivity contribution in [2.75, 3.05) is 0 Å². The molecule has 17 heavy (non-hydrogen) atoms. The van der Waals surface area contributed by atoms with Gasteiger partial charge in [-0.3, -0.25) is 0 Å². The molecular weight excluding hydrogens is 278 g/mol. The van der Waals surface area contributed by atoms with E-state index < -0.39 is 0 Å². The molecule has 1 aromatic carbocycles. The zero-order valence-corrected chi connectivity index (χ0v) is 11.2. The van der Waals surface area contributed by atoms with E-state index in [1.54, 1.807) is 0 Å². The first kappa shape index (κ1) is 11.0. The highest BCUT2D eigenvalue weighted by Crippen LogP contribution is 2.35. The second kappa shape index (κ2) is 3.68. The summed E-state index contributed by atoms with van der Waals surface area (Å²) >= 11 is 3.44. The second-order valence-corrected chi connectivity index (χ2v) is 5.74. The van der Waals surface area contributed by atoms with Crippen LogP contribution in [0.4, 0.5) is 0 Å². The summed E-state index contributed by atoms with van der Waals surface area (Å²) in [5, 5.41) is 4.45. The van der Waals surface area contributed by atoms with E-state index in [4.69, 9.17) is 5.73 Å². The third kappa shape index (κ3) is 1.72. The Morgan fingerprint density at radius 2 is 2.06 bits per heavy atom. The van der Waals surface area contributed by atoms with Crippen LogP contribution in [-0.4, -0.2) is 9.78 Å². The fourth-order valence-electron chi connectivity index (χ4n) is 2.46. The molecule has 1 aromatic heterocycles. The molecule has 1 unspecified atom stereocenters. The van der Waals surface area contributed by atoms with E-state index >= 15 is 0 Å². The second-order valence-electron chi connectivity index (χ2n) is 4.82. The van der Waals surface area contributed by atoms with Crippen molar-refractivity contribution in [3.63, 3.8) is 0 Å². The quantitative estimate of drug-likeness (QED) is 0.878. The average molecular weight is 292 g/mol. The number of hydrogen-bond acceptors (Lipinski definition) is 2. The predicted octanol–water partition coefficient (Wildman–Crippen LogP) is 2.75. The Morgan fingerprint density at radius 1 is 1.35 bits per heavy atom. The minimum Gasteiger partial charge on any atom is -0.320 e. The smallest absolute Gasteiger partial charge is 0.0670 e. The highest BCUT2D eigenvalue weighted by molar-refractivity contribution is 9.10. The van der Waals surface area contributed by atoms with Gasteiger partial charge in [-0.2, -0.15) is 5.10 Å². The van der Waals surface area contributed by atoms with Gasteiger partial charge < -0.3 is 5.73 Å². The van der Waals surface area contributed by atoms with E-state index in [1.807, 2.05) is 35.1 Å². The summed E-state index contributed by atoms with van der Waals surface area (Å²) in [5.74, 6) is 0. The van der Waals surface area contributed by atoms with Gasteiger partial charge in [0.05, 0.1) is 23.1 Å². The molecular formula is C13H14BrN3. The molecule has 0 saturated heterocycles. The minimum atomic E-state index is -0.265. The fraction of sp³-hybridized carbons (Fsp3) is 0.308. The fourth-order valence-corrected chi connectivity index (χ4v) is 2.73. The molecule has 0 bridgehead atoms. The monoisotopic (exact) mass is 291 g/mol. The molecule has 1 atom stereocenters.